The van der Waals surface area contributed by atoms with E-state index in [1.165, 1.54) is 0 Å². The fourth-order valence-corrected chi connectivity index (χ4v) is 2.16. The lowest BCUT2D eigenvalue weighted by Gasteiger charge is -2.26. The number of nitrogens with zero attached hydrogens (tertiary/aromatic N) is 1. The highest BCUT2D eigenvalue weighted by atomic mass is 16.5. The van der Waals surface area contributed by atoms with Gasteiger partial charge in [-0.2, -0.15) is 0 Å². The van der Waals surface area contributed by atoms with Gasteiger partial charge in [0.25, 0.3) is 0 Å². The maximum Gasteiger partial charge on any atom is 0.168 e. The zero-order valence-electron chi connectivity index (χ0n) is 10.9. The average molecular weight is 238 g/mol. The van der Waals surface area contributed by atoms with Gasteiger partial charge in [-0.15, -0.1) is 0 Å². The summed E-state index contributed by atoms with van der Waals surface area (Å²) in [6.07, 6.45) is 2.92. The summed E-state index contributed by atoms with van der Waals surface area (Å²) in [4.78, 5) is 0. The molecule has 1 saturated heterocycles. The Hall–Kier alpha value is -0.870. The van der Waals surface area contributed by atoms with Crippen LogP contribution < -0.4 is 5.32 Å². The molecule has 1 fully saturated rings. The maximum absolute atomic E-state index is 10.1. The molecule has 17 heavy (non-hydrogen) atoms. The highest BCUT2D eigenvalue weighted by molar-refractivity contribution is 5.16. The number of aromatic nitrogens is 1. The Kier molecular flexibility index (Phi) is 3.54. The van der Waals surface area contributed by atoms with Crippen molar-refractivity contribution >= 4 is 0 Å². The van der Waals surface area contributed by atoms with Crippen LogP contribution in [-0.4, -0.2) is 22.8 Å². The van der Waals surface area contributed by atoms with E-state index in [-0.39, 0.29) is 0 Å². The molecule has 1 aliphatic rings. The van der Waals surface area contributed by atoms with E-state index in [2.05, 4.69) is 17.4 Å². The molecule has 0 aliphatic carbocycles. The summed E-state index contributed by atoms with van der Waals surface area (Å²) in [5.74, 6) is 0.991. The van der Waals surface area contributed by atoms with Crippen molar-refractivity contribution in [3.05, 3.63) is 17.5 Å². The topological polar surface area (TPSA) is 58.3 Å². The van der Waals surface area contributed by atoms with Gasteiger partial charge in [-0.25, -0.2) is 0 Å². The lowest BCUT2D eigenvalue weighted by molar-refractivity contribution is 0.0243. The largest absolute Gasteiger partial charge is 0.382 e. The van der Waals surface area contributed by atoms with Gasteiger partial charge >= 0.3 is 0 Å². The van der Waals surface area contributed by atoms with Crippen LogP contribution in [0.15, 0.2) is 10.6 Å². The van der Waals surface area contributed by atoms with Crippen LogP contribution in [-0.2, 0) is 5.60 Å². The Morgan fingerprint density at radius 3 is 2.94 bits per heavy atom. The molecule has 0 amide bonds. The molecule has 0 aromatic carbocycles. The van der Waals surface area contributed by atoms with Gasteiger partial charge in [-0.3, -0.25) is 0 Å². The number of piperidine rings is 1. The highest BCUT2D eigenvalue weighted by Gasteiger charge is 2.28. The Morgan fingerprint density at radius 1 is 1.59 bits per heavy atom. The van der Waals surface area contributed by atoms with Crippen LogP contribution in [0.25, 0.3) is 0 Å². The Morgan fingerprint density at radius 2 is 2.35 bits per heavy atom. The summed E-state index contributed by atoms with van der Waals surface area (Å²) in [6.45, 7) is 6.85. The van der Waals surface area contributed by atoms with Crippen molar-refractivity contribution in [2.75, 3.05) is 6.54 Å². The van der Waals surface area contributed by atoms with Gasteiger partial charge in [0.05, 0.1) is 5.69 Å². The Balaban J connectivity index is 2.08. The third-order valence-corrected chi connectivity index (χ3v) is 3.83. The fraction of sp³-hybridized carbons (Fsp3) is 0.769. The van der Waals surface area contributed by atoms with E-state index < -0.39 is 5.60 Å². The van der Waals surface area contributed by atoms with Crippen LogP contribution in [0.4, 0.5) is 0 Å². The van der Waals surface area contributed by atoms with E-state index >= 15 is 0 Å². The molecular formula is C13H22N2O2. The van der Waals surface area contributed by atoms with Gasteiger partial charge in [-0.05, 0) is 33.1 Å². The normalized spacial score (nSPS) is 28.9. The first-order valence-electron chi connectivity index (χ1n) is 6.45. The smallest absolute Gasteiger partial charge is 0.168 e. The third kappa shape index (κ3) is 2.69. The van der Waals surface area contributed by atoms with Gasteiger partial charge in [0.2, 0.25) is 0 Å². The van der Waals surface area contributed by atoms with Crippen molar-refractivity contribution in [3.63, 3.8) is 0 Å². The molecule has 96 valence electrons. The quantitative estimate of drug-likeness (QED) is 0.847. The summed E-state index contributed by atoms with van der Waals surface area (Å²) in [7, 11) is 0. The Labute approximate surface area is 102 Å². The molecule has 0 radical (unpaired) electrons. The van der Waals surface area contributed by atoms with Crippen LogP contribution in [0.2, 0.25) is 0 Å². The summed E-state index contributed by atoms with van der Waals surface area (Å²) >= 11 is 0. The van der Waals surface area contributed by atoms with Crippen molar-refractivity contribution < 1.29 is 9.63 Å². The predicted molar refractivity (Wildman–Crippen MR) is 65.8 cm³/mol. The molecule has 0 bridgehead atoms. The molecule has 1 aliphatic heterocycles. The number of rotatable bonds is 3. The molecule has 2 rings (SSSR count). The van der Waals surface area contributed by atoms with Crippen molar-refractivity contribution in [3.8, 4) is 0 Å². The van der Waals surface area contributed by atoms with Crippen LogP contribution in [0.5, 0.6) is 0 Å². The van der Waals surface area contributed by atoms with Crippen molar-refractivity contribution in [2.45, 2.75) is 57.6 Å². The summed E-state index contributed by atoms with van der Waals surface area (Å²) in [5, 5.41) is 17.7. The van der Waals surface area contributed by atoms with E-state index in [4.69, 9.17) is 4.52 Å². The van der Waals surface area contributed by atoms with Gasteiger partial charge in [0.15, 0.2) is 5.76 Å². The SMILES string of the molecule is CC[C@@](C)(O)c1cc([C@@H]2CC[C@@H](C)NC2)no1. The molecule has 2 heterocycles. The maximum atomic E-state index is 10.1. The predicted octanol–water partition coefficient (Wildman–Crippen LogP) is 2.15. The zero-order chi connectivity index (χ0) is 12.5. The monoisotopic (exact) mass is 238 g/mol. The molecule has 1 aromatic heterocycles. The second-order valence-corrected chi connectivity index (χ2v) is 5.33. The first-order valence-corrected chi connectivity index (χ1v) is 6.45. The lowest BCUT2D eigenvalue weighted by atomic mass is 9.91. The van der Waals surface area contributed by atoms with E-state index in [1.807, 2.05) is 13.0 Å². The van der Waals surface area contributed by atoms with Crippen molar-refractivity contribution in [1.82, 2.24) is 10.5 Å². The second kappa shape index (κ2) is 4.78. The van der Waals surface area contributed by atoms with Crippen molar-refractivity contribution in [1.29, 1.82) is 0 Å². The molecule has 1 aromatic rings. The zero-order valence-corrected chi connectivity index (χ0v) is 10.9. The van der Waals surface area contributed by atoms with Crippen LogP contribution in [0.3, 0.4) is 0 Å². The first-order chi connectivity index (χ1) is 8.03. The number of hydrogen-bond donors (Lipinski definition) is 2. The molecule has 0 spiro atoms. The van der Waals surface area contributed by atoms with Crippen LogP contribution >= 0.6 is 0 Å². The number of hydrogen-bond acceptors (Lipinski definition) is 4. The summed E-state index contributed by atoms with van der Waals surface area (Å²) < 4.78 is 5.27. The Bertz CT molecular complexity index is 365. The standard InChI is InChI=1S/C13H22N2O2/c1-4-13(3,16)12-7-11(15-17-12)10-6-5-9(2)14-8-10/h7,9-10,14,16H,4-6,8H2,1-3H3/t9-,10-,13-/m1/s1. The highest BCUT2D eigenvalue weighted by Crippen LogP contribution is 2.29. The summed E-state index contributed by atoms with van der Waals surface area (Å²) in [5.41, 5.74) is 0.0637. The molecule has 4 nitrogen and oxygen atoms in total. The molecular weight excluding hydrogens is 216 g/mol. The van der Waals surface area contributed by atoms with Crippen LogP contribution in [0, 0.1) is 0 Å². The first kappa shape index (κ1) is 12.6. The average Bonchev–Trinajstić information content (AvgIpc) is 2.80. The molecule has 4 heteroatoms. The minimum atomic E-state index is -0.902. The summed E-state index contributed by atoms with van der Waals surface area (Å²) in [6, 6.07) is 2.50. The van der Waals surface area contributed by atoms with Crippen molar-refractivity contribution in [2.24, 2.45) is 0 Å². The number of nitrogens with one attached hydrogen (secondary N) is 1. The fourth-order valence-electron chi connectivity index (χ4n) is 2.16. The molecule has 0 unspecified atom stereocenters. The van der Waals surface area contributed by atoms with Gasteiger partial charge in [-0.1, -0.05) is 12.1 Å². The van der Waals surface area contributed by atoms with Gasteiger partial charge in [0, 0.05) is 24.6 Å². The van der Waals surface area contributed by atoms with Gasteiger partial charge in [0.1, 0.15) is 5.60 Å². The van der Waals surface area contributed by atoms with E-state index in [0.717, 1.165) is 25.1 Å². The minimum Gasteiger partial charge on any atom is -0.382 e. The lowest BCUT2D eigenvalue weighted by Crippen LogP contribution is -2.35. The van der Waals surface area contributed by atoms with Crippen LogP contribution in [0.1, 0.15) is 57.4 Å². The number of aliphatic hydroxyl groups is 1. The minimum absolute atomic E-state index is 0.413. The third-order valence-electron chi connectivity index (χ3n) is 3.83. The molecule has 2 N–H and O–H groups in total. The molecule has 0 saturated carbocycles. The van der Waals surface area contributed by atoms with E-state index in [0.29, 0.717) is 24.1 Å². The van der Waals surface area contributed by atoms with E-state index in [1.54, 1.807) is 6.92 Å². The second-order valence-electron chi connectivity index (χ2n) is 5.33. The van der Waals surface area contributed by atoms with Gasteiger partial charge < -0.3 is 14.9 Å². The molecule has 3 atom stereocenters. The van der Waals surface area contributed by atoms with E-state index in [9.17, 15) is 5.11 Å².